The number of hydrogen-bond donors (Lipinski definition) is 0. The summed E-state index contributed by atoms with van der Waals surface area (Å²) >= 11 is 3.35. The van der Waals surface area contributed by atoms with Gasteiger partial charge in [-0.25, -0.2) is 4.79 Å². The number of halogens is 1. The van der Waals surface area contributed by atoms with Crippen LogP contribution < -0.4 is 14.2 Å². The van der Waals surface area contributed by atoms with Crippen LogP contribution in [0.25, 0.3) is 0 Å². The first-order valence-corrected chi connectivity index (χ1v) is 7.95. The molecule has 0 fully saturated rings. The van der Waals surface area contributed by atoms with Crippen LogP contribution in [0.4, 0.5) is 0 Å². The molecule has 0 saturated heterocycles. The van der Waals surface area contributed by atoms with E-state index in [2.05, 4.69) is 15.9 Å². The minimum absolute atomic E-state index is 0.142. The Balaban J connectivity index is 1.42. The minimum Gasteiger partial charge on any atom is -0.490 e. The van der Waals surface area contributed by atoms with Crippen molar-refractivity contribution in [3.8, 4) is 17.2 Å². The van der Waals surface area contributed by atoms with E-state index in [-0.39, 0.29) is 19.8 Å². The van der Waals surface area contributed by atoms with Crippen molar-refractivity contribution in [3.63, 3.8) is 0 Å². The smallest absolute Gasteiger partial charge is 0.351 e. The van der Waals surface area contributed by atoms with Gasteiger partial charge in [0.15, 0.2) is 11.5 Å². The zero-order valence-corrected chi connectivity index (χ0v) is 13.8. The summed E-state index contributed by atoms with van der Waals surface area (Å²) in [5.41, 5.74) is 0. The summed E-state index contributed by atoms with van der Waals surface area (Å²) in [6, 6.07) is 14.6. The number of esters is 1. The number of carbonyl (C=O) groups excluding carboxylic acids is 1. The van der Waals surface area contributed by atoms with E-state index in [1.807, 2.05) is 36.4 Å². The highest BCUT2D eigenvalue weighted by atomic mass is 79.9. The van der Waals surface area contributed by atoms with Crippen LogP contribution in [0, 0.1) is 0 Å². The van der Waals surface area contributed by atoms with Crippen LogP contribution in [0.15, 0.2) is 53.0 Å². The van der Waals surface area contributed by atoms with Crippen molar-refractivity contribution in [2.75, 3.05) is 19.8 Å². The lowest BCUT2D eigenvalue weighted by Crippen LogP contribution is -2.38. The fourth-order valence-corrected chi connectivity index (χ4v) is 2.33. The fourth-order valence-electron chi connectivity index (χ4n) is 2.06. The standard InChI is InChI=1S/C17H15BrO5/c18-12-5-7-13(8-6-12)20-9-10-21-17(19)16-11-22-14-3-1-2-4-15(14)23-16/h1-8,16H,9-11H2. The van der Waals surface area contributed by atoms with Gasteiger partial charge in [-0.05, 0) is 36.4 Å². The van der Waals surface area contributed by atoms with Gasteiger partial charge in [-0.2, -0.15) is 0 Å². The third-order valence-electron chi connectivity index (χ3n) is 3.18. The second-order valence-corrected chi connectivity index (χ2v) is 5.75. The van der Waals surface area contributed by atoms with E-state index in [1.165, 1.54) is 0 Å². The molecule has 0 bridgehead atoms. The van der Waals surface area contributed by atoms with E-state index in [0.717, 1.165) is 10.2 Å². The molecule has 1 heterocycles. The van der Waals surface area contributed by atoms with E-state index in [9.17, 15) is 4.79 Å². The van der Waals surface area contributed by atoms with Crippen molar-refractivity contribution < 1.29 is 23.7 Å². The number of fused-ring (bicyclic) bond motifs is 1. The number of carbonyl (C=O) groups is 1. The zero-order chi connectivity index (χ0) is 16.1. The van der Waals surface area contributed by atoms with Gasteiger partial charge >= 0.3 is 5.97 Å². The zero-order valence-electron chi connectivity index (χ0n) is 12.2. The molecule has 0 spiro atoms. The summed E-state index contributed by atoms with van der Waals surface area (Å²) in [7, 11) is 0. The Morgan fingerprint density at radius 2 is 1.83 bits per heavy atom. The molecule has 2 aromatic carbocycles. The van der Waals surface area contributed by atoms with E-state index in [4.69, 9.17) is 18.9 Å². The molecule has 0 aliphatic carbocycles. The average molecular weight is 379 g/mol. The molecule has 0 N–H and O–H groups in total. The monoisotopic (exact) mass is 378 g/mol. The maximum Gasteiger partial charge on any atom is 0.351 e. The van der Waals surface area contributed by atoms with Crippen molar-refractivity contribution in [1.29, 1.82) is 0 Å². The Bertz CT molecular complexity index is 671. The first-order chi connectivity index (χ1) is 11.2. The Morgan fingerprint density at radius 3 is 2.61 bits per heavy atom. The third kappa shape index (κ3) is 4.16. The van der Waals surface area contributed by atoms with Crippen LogP contribution in [0.2, 0.25) is 0 Å². The molecule has 23 heavy (non-hydrogen) atoms. The molecule has 1 unspecified atom stereocenters. The molecule has 6 heteroatoms. The van der Waals surface area contributed by atoms with E-state index in [0.29, 0.717) is 11.5 Å². The highest BCUT2D eigenvalue weighted by molar-refractivity contribution is 9.10. The highest BCUT2D eigenvalue weighted by Gasteiger charge is 2.28. The topological polar surface area (TPSA) is 54.0 Å². The number of benzene rings is 2. The third-order valence-corrected chi connectivity index (χ3v) is 3.71. The summed E-state index contributed by atoms with van der Waals surface area (Å²) in [4.78, 5) is 12.0. The largest absolute Gasteiger partial charge is 0.490 e. The molecule has 3 rings (SSSR count). The molecule has 0 amide bonds. The van der Waals surface area contributed by atoms with E-state index < -0.39 is 12.1 Å². The van der Waals surface area contributed by atoms with Gasteiger partial charge in [-0.3, -0.25) is 0 Å². The van der Waals surface area contributed by atoms with Crippen LogP contribution in [0.5, 0.6) is 17.2 Å². The molecule has 1 aliphatic heterocycles. The van der Waals surface area contributed by atoms with Gasteiger partial charge in [0.2, 0.25) is 6.10 Å². The normalized spacial score (nSPS) is 15.8. The molecular formula is C17H15BrO5. The van der Waals surface area contributed by atoms with Crippen LogP contribution in [-0.2, 0) is 9.53 Å². The molecule has 1 aliphatic rings. The average Bonchev–Trinajstić information content (AvgIpc) is 2.59. The SMILES string of the molecule is O=C(OCCOc1ccc(Br)cc1)C1COc2ccccc2O1. The van der Waals surface area contributed by atoms with Crippen molar-refractivity contribution >= 4 is 21.9 Å². The van der Waals surface area contributed by atoms with Crippen molar-refractivity contribution in [1.82, 2.24) is 0 Å². The van der Waals surface area contributed by atoms with Gasteiger partial charge in [-0.1, -0.05) is 28.1 Å². The molecule has 0 aromatic heterocycles. The van der Waals surface area contributed by atoms with Crippen molar-refractivity contribution in [2.45, 2.75) is 6.10 Å². The second kappa shape index (κ2) is 7.37. The summed E-state index contributed by atoms with van der Waals surface area (Å²) in [5.74, 6) is 1.44. The maximum atomic E-state index is 12.0. The van der Waals surface area contributed by atoms with Gasteiger partial charge in [0.05, 0.1) is 0 Å². The van der Waals surface area contributed by atoms with Crippen LogP contribution >= 0.6 is 15.9 Å². The van der Waals surface area contributed by atoms with Gasteiger partial charge in [0.1, 0.15) is 25.6 Å². The van der Waals surface area contributed by atoms with Crippen LogP contribution in [0.1, 0.15) is 0 Å². The summed E-state index contributed by atoms with van der Waals surface area (Å²) in [5, 5.41) is 0. The first-order valence-electron chi connectivity index (χ1n) is 7.16. The molecule has 2 aromatic rings. The van der Waals surface area contributed by atoms with Crippen LogP contribution in [0.3, 0.4) is 0 Å². The second-order valence-electron chi connectivity index (χ2n) is 4.83. The number of rotatable bonds is 5. The Hall–Kier alpha value is -2.21. The van der Waals surface area contributed by atoms with Crippen LogP contribution in [-0.4, -0.2) is 31.9 Å². The van der Waals surface area contributed by atoms with Gasteiger partial charge in [0.25, 0.3) is 0 Å². The van der Waals surface area contributed by atoms with Gasteiger partial charge in [0, 0.05) is 4.47 Å². The van der Waals surface area contributed by atoms with Gasteiger partial charge in [-0.15, -0.1) is 0 Å². The summed E-state index contributed by atoms with van der Waals surface area (Å²) in [6.07, 6.45) is -0.752. The quantitative estimate of drug-likeness (QED) is 0.590. The summed E-state index contributed by atoms with van der Waals surface area (Å²) in [6.45, 7) is 0.567. The molecule has 0 radical (unpaired) electrons. The Kier molecular flexibility index (Phi) is 5.02. The molecule has 5 nitrogen and oxygen atoms in total. The summed E-state index contributed by atoms with van der Waals surface area (Å²) < 4.78 is 22.7. The Labute approximate surface area is 142 Å². The minimum atomic E-state index is -0.752. The molecule has 0 saturated carbocycles. The highest BCUT2D eigenvalue weighted by Crippen LogP contribution is 2.31. The lowest BCUT2D eigenvalue weighted by Gasteiger charge is -2.24. The molecule has 1 atom stereocenters. The predicted octanol–water partition coefficient (Wildman–Crippen LogP) is 3.21. The lowest BCUT2D eigenvalue weighted by molar-refractivity contribution is -0.155. The lowest BCUT2D eigenvalue weighted by atomic mass is 10.2. The van der Waals surface area contributed by atoms with Crippen molar-refractivity contribution in [3.05, 3.63) is 53.0 Å². The van der Waals surface area contributed by atoms with Gasteiger partial charge < -0.3 is 18.9 Å². The maximum absolute atomic E-state index is 12.0. The Morgan fingerprint density at radius 1 is 1.09 bits per heavy atom. The fraction of sp³-hybridized carbons (Fsp3) is 0.235. The number of para-hydroxylation sites is 2. The number of ether oxygens (including phenoxy) is 4. The number of hydrogen-bond acceptors (Lipinski definition) is 5. The molecular weight excluding hydrogens is 364 g/mol. The van der Waals surface area contributed by atoms with E-state index in [1.54, 1.807) is 12.1 Å². The van der Waals surface area contributed by atoms with Crippen molar-refractivity contribution in [2.24, 2.45) is 0 Å². The molecule has 120 valence electrons. The first kappa shape index (κ1) is 15.7. The predicted molar refractivity (Wildman–Crippen MR) is 86.9 cm³/mol. The van der Waals surface area contributed by atoms with E-state index >= 15 is 0 Å².